The number of hydrogen-bond donors (Lipinski definition) is 1. The summed E-state index contributed by atoms with van der Waals surface area (Å²) in [6.45, 7) is 3.10. The maximum atomic E-state index is 11.4. The van der Waals surface area contributed by atoms with Crippen molar-refractivity contribution in [2.75, 3.05) is 33.4 Å². The van der Waals surface area contributed by atoms with Gasteiger partial charge in [-0.25, -0.2) is 4.79 Å². The van der Waals surface area contributed by atoms with Crippen LogP contribution in [0.5, 0.6) is 0 Å². The Morgan fingerprint density at radius 1 is 1.54 bits per heavy atom. The lowest BCUT2D eigenvalue weighted by atomic mass is 10.1. The lowest BCUT2D eigenvalue weighted by molar-refractivity contribution is 0.115. The van der Waals surface area contributed by atoms with Crippen LogP contribution in [0.2, 0.25) is 0 Å². The highest BCUT2D eigenvalue weighted by Gasteiger charge is 2.46. The van der Waals surface area contributed by atoms with E-state index in [-0.39, 0.29) is 6.03 Å². The summed E-state index contributed by atoms with van der Waals surface area (Å²) in [4.78, 5) is 13.3. The minimum atomic E-state index is 0.0248. The Bertz CT molecular complexity index is 214. The van der Waals surface area contributed by atoms with Gasteiger partial charge in [-0.3, -0.25) is 0 Å². The van der Waals surface area contributed by atoms with Gasteiger partial charge in [0.05, 0.1) is 13.2 Å². The van der Waals surface area contributed by atoms with Gasteiger partial charge in [0.15, 0.2) is 0 Å². The van der Waals surface area contributed by atoms with Crippen molar-refractivity contribution >= 4 is 6.03 Å². The molecule has 0 aromatic heterocycles. The number of urea groups is 1. The summed E-state index contributed by atoms with van der Waals surface area (Å²) in [5.41, 5.74) is 0.309. The molecule has 1 N–H and O–H groups in total. The number of nitrogens with zero attached hydrogens (tertiary/aromatic N) is 1. The molecule has 0 atom stereocenters. The van der Waals surface area contributed by atoms with Crippen LogP contribution in [0.15, 0.2) is 0 Å². The van der Waals surface area contributed by atoms with Crippen LogP contribution in [0.1, 0.15) is 12.8 Å². The normalized spacial score (nSPS) is 25.5. The predicted molar refractivity (Wildman–Crippen MR) is 48.5 cm³/mol. The second-order valence-electron chi connectivity index (χ2n) is 4.03. The van der Waals surface area contributed by atoms with Gasteiger partial charge < -0.3 is 15.0 Å². The highest BCUT2D eigenvalue weighted by atomic mass is 16.5. The van der Waals surface area contributed by atoms with Crippen molar-refractivity contribution in [3.63, 3.8) is 0 Å². The molecule has 1 aliphatic heterocycles. The van der Waals surface area contributed by atoms with Crippen molar-refractivity contribution in [1.29, 1.82) is 0 Å². The lowest BCUT2D eigenvalue weighted by Gasteiger charge is -2.22. The Morgan fingerprint density at radius 2 is 2.31 bits per heavy atom. The number of amides is 2. The first kappa shape index (κ1) is 8.81. The smallest absolute Gasteiger partial charge is 0.317 e. The van der Waals surface area contributed by atoms with Crippen LogP contribution in [0, 0.1) is 5.41 Å². The fourth-order valence-corrected chi connectivity index (χ4v) is 1.80. The summed E-state index contributed by atoms with van der Waals surface area (Å²) in [5.74, 6) is 0. The molecule has 1 saturated carbocycles. The Morgan fingerprint density at radius 3 is 2.92 bits per heavy atom. The van der Waals surface area contributed by atoms with E-state index in [1.807, 2.05) is 4.90 Å². The Hall–Kier alpha value is -0.770. The third-order valence-corrected chi connectivity index (χ3v) is 2.90. The van der Waals surface area contributed by atoms with E-state index in [4.69, 9.17) is 4.74 Å². The zero-order valence-corrected chi connectivity index (χ0v) is 8.01. The molecule has 1 aliphatic carbocycles. The fourth-order valence-electron chi connectivity index (χ4n) is 1.80. The number of carbonyl (C=O) groups excluding carboxylic acids is 1. The first-order valence-corrected chi connectivity index (χ1v) is 4.80. The second kappa shape index (κ2) is 3.18. The van der Waals surface area contributed by atoms with E-state index in [0.717, 1.165) is 19.7 Å². The number of ether oxygens (including phenoxy) is 1. The number of nitrogens with one attached hydrogen (secondary N) is 1. The number of rotatable bonds is 0. The van der Waals surface area contributed by atoms with E-state index < -0.39 is 0 Å². The Balaban J connectivity index is 1.98. The summed E-state index contributed by atoms with van der Waals surface area (Å²) in [6, 6.07) is 0.0248. The van der Waals surface area contributed by atoms with E-state index >= 15 is 0 Å². The fraction of sp³-hybridized carbons (Fsp3) is 0.889. The average molecular weight is 184 g/mol. The largest absolute Gasteiger partial charge is 0.379 e. The Kier molecular flexibility index (Phi) is 2.15. The van der Waals surface area contributed by atoms with Gasteiger partial charge >= 0.3 is 6.03 Å². The monoisotopic (exact) mass is 184 g/mol. The molecule has 4 heteroatoms. The van der Waals surface area contributed by atoms with Crippen LogP contribution in [0.4, 0.5) is 4.79 Å². The minimum absolute atomic E-state index is 0.0248. The van der Waals surface area contributed by atoms with Gasteiger partial charge in [0.1, 0.15) is 0 Å². The third-order valence-electron chi connectivity index (χ3n) is 2.90. The summed E-state index contributed by atoms with van der Waals surface area (Å²) in [7, 11) is 1.67. The molecule has 2 aliphatic rings. The van der Waals surface area contributed by atoms with E-state index in [0.29, 0.717) is 12.0 Å². The van der Waals surface area contributed by atoms with Gasteiger partial charge in [-0.05, 0) is 12.8 Å². The van der Waals surface area contributed by atoms with Crippen molar-refractivity contribution < 1.29 is 9.53 Å². The summed E-state index contributed by atoms with van der Waals surface area (Å²) in [6.07, 6.45) is 2.42. The zero-order valence-electron chi connectivity index (χ0n) is 8.01. The van der Waals surface area contributed by atoms with Crippen LogP contribution in [-0.4, -0.2) is 44.3 Å². The average Bonchev–Trinajstić information content (AvgIpc) is 2.93. The lowest BCUT2D eigenvalue weighted by Crippen LogP contribution is -2.41. The number of hydrogen-bond acceptors (Lipinski definition) is 2. The molecule has 2 rings (SSSR count). The molecule has 0 aromatic carbocycles. The van der Waals surface area contributed by atoms with Crippen molar-refractivity contribution in [1.82, 2.24) is 10.2 Å². The molecule has 74 valence electrons. The molecule has 0 bridgehead atoms. The van der Waals surface area contributed by atoms with Crippen molar-refractivity contribution in [2.45, 2.75) is 12.8 Å². The van der Waals surface area contributed by atoms with Crippen LogP contribution in [0.25, 0.3) is 0 Å². The summed E-state index contributed by atoms with van der Waals surface area (Å²) in [5, 5.41) is 2.66. The second-order valence-corrected chi connectivity index (χ2v) is 4.03. The quantitative estimate of drug-likeness (QED) is 0.593. The molecular weight excluding hydrogens is 168 g/mol. The summed E-state index contributed by atoms with van der Waals surface area (Å²) >= 11 is 0. The van der Waals surface area contributed by atoms with Gasteiger partial charge in [-0.2, -0.15) is 0 Å². The summed E-state index contributed by atoms with van der Waals surface area (Å²) < 4.78 is 5.48. The van der Waals surface area contributed by atoms with Crippen molar-refractivity contribution in [2.24, 2.45) is 5.41 Å². The molecule has 0 radical (unpaired) electrons. The van der Waals surface area contributed by atoms with Gasteiger partial charge in [0.2, 0.25) is 0 Å². The SMILES string of the molecule is CNC(=O)N1CCOCC2(CC2)C1. The third kappa shape index (κ3) is 1.77. The first-order valence-electron chi connectivity index (χ1n) is 4.80. The van der Waals surface area contributed by atoms with Crippen molar-refractivity contribution in [3.05, 3.63) is 0 Å². The molecular formula is C9H16N2O2. The van der Waals surface area contributed by atoms with E-state index in [1.165, 1.54) is 12.8 Å². The molecule has 0 aromatic rings. The molecule has 2 amide bonds. The first-order chi connectivity index (χ1) is 6.26. The van der Waals surface area contributed by atoms with Gasteiger partial charge in [-0.1, -0.05) is 0 Å². The predicted octanol–water partition coefficient (Wildman–Crippen LogP) is 0.438. The molecule has 13 heavy (non-hydrogen) atoms. The maximum Gasteiger partial charge on any atom is 0.317 e. The van der Waals surface area contributed by atoms with Crippen molar-refractivity contribution in [3.8, 4) is 0 Å². The molecule has 0 unspecified atom stereocenters. The molecule has 2 fully saturated rings. The molecule has 1 saturated heterocycles. The maximum absolute atomic E-state index is 11.4. The Labute approximate surface area is 78.2 Å². The molecule has 4 nitrogen and oxygen atoms in total. The molecule has 1 heterocycles. The van der Waals surface area contributed by atoms with Crippen LogP contribution in [-0.2, 0) is 4.74 Å². The van der Waals surface area contributed by atoms with Crippen LogP contribution >= 0.6 is 0 Å². The van der Waals surface area contributed by atoms with E-state index in [9.17, 15) is 4.79 Å². The standard InChI is InChI=1S/C9H16N2O2/c1-10-8(12)11-4-5-13-7-9(6-11)2-3-9/h2-7H2,1H3,(H,10,12). The molecule has 1 spiro atoms. The highest BCUT2D eigenvalue weighted by Crippen LogP contribution is 2.47. The van der Waals surface area contributed by atoms with Crippen LogP contribution in [0.3, 0.4) is 0 Å². The van der Waals surface area contributed by atoms with E-state index in [2.05, 4.69) is 5.32 Å². The van der Waals surface area contributed by atoms with Crippen LogP contribution < -0.4 is 5.32 Å². The van der Waals surface area contributed by atoms with E-state index in [1.54, 1.807) is 7.05 Å². The van der Waals surface area contributed by atoms with Gasteiger partial charge in [0.25, 0.3) is 0 Å². The topological polar surface area (TPSA) is 41.6 Å². The zero-order chi connectivity index (χ0) is 9.31. The van der Waals surface area contributed by atoms with Gasteiger partial charge in [0, 0.05) is 25.6 Å². The number of carbonyl (C=O) groups is 1. The minimum Gasteiger partial charge on any atom is -0.379 e. The van der Waals surface area contributed by atoms with Gasteiger partial charge in [-0.15, -0.1) is 0 Å². The highest BCUT2D eigenvalue weighted by molar-refractivity contribution is 5.73.